The quantitative estimate of drug-likeness (QED) is 0.697. The van der Waals surface area contributed by atoms with Crippen LogP contribution < -0.4 is 10.1 Å². The molecule has 5 nitrogen and oxygen atoms in total. The van der Waals surface area contributed by atoms with Crippen LogP contribution in [-0.4, -0.2) is 22.2 Å². The van der Waals surface area contributed by atoms with Crippen LogP contribution in [0.1, 0.15) is 25.0 Å². The molecule has 0 aliphatic carbocycles. The average Bonchev–Trinajstić information content (AvgIpc) is 3.11. The molecule has 0 spiro atoms. The van der Waals surface area contributed by atoms with Gasteiger partial charge in [-0.25, -0.2) is 0 Å². The second-order valence-electron chi connectivity index (χ2n) is 5.99. The van der Waals surface area contributed by atoms with Crippen LogP contribution in [0.15, 0.2) is 48.5 Å². The molecular weight excluding hydrogens is 346 g/mol. The molecular formula is C20H21N3O2S. The highest BCUT2D eigenvalue weighted by atomic mass is 32.1. The minimum absolute atomic E-state index is 0.248. The number of benzene rings is 2. The number of nitrogens with one attached hydrogen (secondary N) is 1. The van der Waals surface area contributed by atoms with Gasteiger partial charge < -0.3 is 4.74 Å². The van der Waals surface area contributed by atoms with E-state index in [-0.39, 0.29) is 5.91 Å². The van der Waals surface area contributed by atoms with Crippen molar-refractivity contribution in [3.63, 3.8) is 0 Å². The summed E-state index contributed by atoms with van der Waals surface area (Å²) < 4.78 is 5.82. The maximum Gasteiger partial charge on any atom is 0.266 e. The molecule has 0 saturated carbocycles. The normalized spacial score (nSPS) is 11.8. The van der Waals surface area contributed by atoms with Gasteiger partial charge in [-0.2, -0.15) is 0 Å². The molecule has 3 aromatic rings. The number of nitrogens with zero attached hydrogens (tertiary/aromatic N) is 2. The highest BCUT2D eigenvalue weighted by Gasteiger charge is 2.18. The molecule has 0 unspecified atom stereocenters. The molecule has 0 radical (unpaired) electrons. The van der Waals surface area contributed by atoms with Crippen LogP contribution in [0.2, 0.25) is 0 Å². The van der Waals surface area contributed by atoms with Crippen molar-refractivity contribution in [2.24, 2.45) is 0 Å². The summed E-state index contributed by atoms with van der Waals surface area (Å²) >= 11 is 1.34. The number of ether oxygens (including phenoxy) is 1. The second kappa shape index (κ2) is 8.10. The van der Waals surface area contributed by atoms with E-state index in [1.165, 1.54) is 16.9 Å². The monoisotopic (exact) mass is 367 g/mol. The molecule has 3 rings (SSSR count). The Hall–Kier alpha value is -2.73. The van der Waals surface area contributed by atoms with Crippen molar-refractivity contribution in [3.05, 3.63) is 59.7 Å². The molecule has 6 heteroatoms. The first-order valence-electron chi connectivity index (χ1n) is 8.52. The third-order valence-corrected chi connectivity index (χ3v) is 4.87. The van der Waals surface area contributed by atoms with Crippen LogP contribution in [-0.2, 0) is 11.2 Å². The molecule has 0 aliphatic rings. The van der Waals surface area contributed by atoms with Crippen LogP contribution >= 0.6 is 11.3 Å². The van der Waals surface area contributed by atoms with E-state index < -0.39 is 6.10 Å². The molecule has 0 aliphatic heterocycles. The molecule has 0 bridgehead atoms. The topological polar surface area (TPSA) is 64.1 Å². The fourth-order valence-electron chi connectivity index (χ4n) is 2.45. The van der Waals surface area contributed by atoms with Crippen LogP contribution in [0.5, 0.6) is 5.75 Å². The number of rotatable bonds is 6. The van der Waals surface area contributed by atoms with Gasteiger partial charge in [-0.05, 0) is 31.9 Å². The number of amides is 1. The van der Waals surface area contributed by atoms with Gasteiger partial charge in [0.25, 0.3) is 5.91 Å². The number of carbonyl (C=O) groups is 1. The Morgan fingerprint density at radius 2 is 1.88 bits per heavy atom. The number of aryl methyl sites for hydroxylation is 2. The zero-order valence-corrected chi connectivity index (χ0v) is 15.8. The third kappa shape index (κ3) is 4.26. The van der Waals surface area contributed by atoms with Gasteiger partial charge in [0.15, 0.2) is 6.10 Å². The lowest BCUT2D eigenvalue weighted by molar-refractivity contribution is -0.122. The van der Waals surface area contributed by atoms with Crippen LogP contribution in [0.25, 0.3) is 10.6 Å². The van der Waals surface area contributed by atoms with E-state index in [2.05, 4.69) is 22.4 Å². The van der Waals surface area contributed by atoms with Crippen molar-refractivity contribution >= 4 is 22.4 Å². The SMILES string of the molecule is CCc1ccccc1O[C@@H](C)C(=O)Nc1nnc(-c2ccc(C)cc2)s1. The Kier molecular flexibility index (Phi) is 5.63. The standard InChI is InChI=1S/C20H21N3O2S/c1-4-15-7-5-6-8-17(15)25-14(3)18(24)21-20-23-22-19(26-20)16-11-9-13(2)10-12-16/h5-12,14H,4H2,1-3H3,(H,21,23,24)/t14-/m0/s1. The summed E-state index contributed by atoms with van der Waals surface area (Å²) in [7, 11) is 0. The third-order valence-electron chi connectivity index (χ3n) is 3.98. The smallest absolute Gasteiger partial charge is 0.266 e. The van der Waals surface area contributed by atoms with Gasteiger partial charge >= 0.3 is 0 Å². The maximum atomic E-state index is 12.4. The van der Waals surface area contributed by atoms with Crippen molar-refractivity contribution in [2.45, 2.75) is 33.3 Å². The summed E-state index contributed by atoms with van der Waals surface area (Å²) in [5.41, 5.74) is 3.24. The molecule has 1 aromatic heterocycles. The summed E-state index contributed by atoms with van der Waals surface area (Å²) in [5, 5.41) is 12.2. The number of hydrogen-bond acceptors (Lipinski definition) is 5. The Morgan fingerprint density at radius 3 is 2.62 bits per heavy atom. The molecule has 1 amide bonds. The van der Waals surface area contributed by atoms with Crippen molar-refractivity contribution in [1.82, 2.24) is 10.2 Å². The highest BCUT2D eigenvalue weighted by Crippen LogP contribution is 2.27. The van der Waals surface area contributed by atoms with E-state index in [0.29, 0.717) is 5.13 Å². The zero-order valence-electron chi connectivity index (χ0n) is 15.0. The van der Waals surface area contributed by atoms with Gasteiger partial charge in [0.1, 0.15) is 10.8 Å². The molecule has 2 aromatic carbocycles. The van der Waals surface area contributed by atoms with E-state index >= 15 is 0 Å². The number of anilines is 1. The Morgan fingerprint density at radius 1 is 1.15 bits per heavy atom. The van der Waals surface area contributed by atoms with E-state index in [9.17, 15) is 4.79 Å². The van der Waals surface area contributed by atoms with Gasteiger partial charge in [0, 0.05) is 5.56 Å². The summed E-state index contributed by atoms with van der Waals surface area (Å²) in [6.45, 7) is 5.82. The first-order valence-corrected chi connectivity index (χ1v) is 9.34. The Labute approximate surface area is 157 Å². The van der Waals surface area contributed by atoms with Crippen molar-refractivity contribution in [2.75, 3.05) is 5.32 Å². The van der Waals surface area contributed by atoms with Crippen molar-refractivity contribution < 1.29 is 9.53 Å². The van der Waals surface area contributed by atoms with Crippen LogP contribution in [0.4, 0.5) is 5.13 Å². The van der Waals surface area contributed by atoms with Crippen LogP contribution in [0, 0.1) is 6.92 Å². The fraction of sp³-hybridized carbons (Fsp3) is 0.250. The summed E-state index contributed by atoms with van der Waals surface area (Å²) in [5.74, 6) is 0.484. The van der Waals surface area contributed by atoms with Gasteiger partial charge in [-0.3, -0.25) is 10.1 Å². The predicted molar refractivity (Wildman–Crippen MR) is 105 cm³/mol. The first-order chi connectivity index (χ1) is 12.6. The maximum absolute atomic E-state index is 12.4. The van der Waals surface area contributed by atoms with Crippen molar-refractivity contribution in [1.29, 1.82) is 0 Å². The van der Waals surface area contributed by atoms with Gasteiger partial charge in [0.05, 0.1) is 0 Å². The molecule has 0 fully saturated rings. The Balaban J connectivity index is 1.65. The first kappa shape index (κ1) is 18.1. The molecule has 1 heterocycles. The summed E-state index contributed by atoms with van der Waals surface area (Å²) in [4.78, 5) is 12.4. The Bertz CT molecular complexity index is 890. The van der Waals surface area contributed by atoms with Gasteiger partial charge in [-0.15, -0.1) is 10.2 Å². The minimum atomic E-state index is -0.630. The molecule has 26 heavy (non-hydrogen) atoms. The molecule has 1 atom stereocenters. The number of aromatic nitrogens is 2. The summed E-state index contributed by atoms with van der Waals surface area (Å²) in [6, 6.07) is 15.8. The van der Waals surface area contributed by atoms with Gasteiger partial charge in [0.2, 0.25) is 5.13 Å². The second-order valence-corrected chi connectivity index (χ2v) is 6.97. The number of carbonyl (C=O) groups excluding carboxylic acids is 1. The van der Waals surface area contributed by atoms with Crippen molar-refractivity contribution in [3.8, 4) is 16.3 Å². The molecule has 1 N–H and O–H groups in total. The zero-order chi connectivity index (χ0) is 18.5. The summed E-state index contributed by atoms with van der Waals surface area (Å²) in [6.07, 6.45) is 0.218. The largest absolute Gasteiger partial charge is 0.481 e. The van der Waals surface area contributed by atoms with E-state index in [1.807, 2.05) is 55.5 Å². The molecule has 0 saturated heterocycles. The lowest BCUT2D eigenvalue weighted by Gasteiger charge is -2.15. The number of para-hydroxylation sites is 1. The van der Waals surface area contributed by atoms with E-state index in [4.69, 9.17) is 4.74 Å². The lowest BCUT2D eigenvalue weighted by Crippen LogP contribution is -2.30. The minimum Gasteiger partial charge on any atom is -0.481 e. The lowest BCUT2D eigenvalue weighted by atomic mass is 10.1. The average molecular weight is 367 g/mol. The van der Waals surface area contributed by atoms with E-state index in [1.54, 1.807) is 6.92 Å². The highest BCUT2D eigenvalue weighted by molar-refractivity contribution is 7.18. The fourth-order valence-corrected chi connectivity index (χ4v) is 3.20. The van der Waals surface area contributed by atoms with E-state index in [0.717, 1.165) is 28.3 Å². The van der Waals surface area contributed by atoms with Crippen LogP contribution in [0.3, 0.4) is 0 Å². The van der Waals surface area contributed by atoms with Gasteiger partial charge in [-0.1, -0.05) is 66.3 Å². The predicted octanol–water partition coefficient (Wildman–Crippen LogP) is 4.48. The number of hydrogen-bond donors (Lipinski definition) is 1. The molecule has 134 valence electrons.